The number of aromatic nitrogens is 2. The lowest BCUT2D eigenvalue weighted by Crippen LogP contribution is -2.27. The number of rotatable bonds is 7. The molecule has 0 spiro atoms. The molecule has 6 nitrogen and oxygen atoms in total. The molecule has 1 amide bonds. The van der Waals surface area contributed by atoms with Crippen molar-refractivity contribution >= 4 is 11.6 Å². The first-order valence-corrected chi connectivity index (χ1v) is 6.86. The summed E-state index contributed by atoms with van der Waals surface area (Å²) in [4.78, 5) is 15.9. The molecule has 1 heterocycles. The van der Waals surface area contributed by atoms with Gasteiger partial charge in [0.15, 0.2) is 0 Å². The fourth-order valence-corrected chi connectivity index (χ4v) is 1.91. The summed E-state index contributed by atoms with van der Waals surface area (Å²) in [6.45, 7) is 0.902. The van der Waals surface area contributed by atoms with E-state index in [1.165, 1.54) is 0 Å². The molecule has 6 heteroatoms. The molecule has 0 atom stereocenters. The third-order valence-electron chi connectivity index (χ3n) is 3.05. The molecule has 2 aromatic rings. The van der Waals surface area contributed by atoms with Gasteiger partial charge in [-0.25, -0.2) is 4.98 Å². The average Bonchev–Trinajstić information content (AvgIpc) is 2.85. The van der Waals surface area contributed by atoms with Gasteiger partial charge in [0.1, 0.15) is 11.6 Å². The number of nitrogens with one attached hydrogen (secondary N) is 1. The van der Waals surface area contributed by atoms with Crippen molar-refractivity contribution in [2.45, 2.75) is 12.8 Å². The molecule has 0 bridgehead atoms. The number of nitrogen functional groups attached to an aromatic ring is 1. The molecule has 0 aliphatic heterocycles. The number of nitrogens with two attached hydrogens (primary N) is 1. The average molecular weight is 288 g/mol. The molecular formula is C15H20N4O2. The van der Waals surface area contributed by atoms with Gasteiger partial charge in [-0.1, -0.05) is 6.07 Å². The van der Waals surface area contributed by atoms with E-state index in [0.717, 1.165) is 5.82 Å². The van der Waals surface area contributed by atoms with Crippen molar-refractivity contribution < 1.29 is 9.53 Å². The Morgan fingerprint density at radius 2 is 2.33 bits per heavy atom. The third-order valence-corrected chi connectivity index (χ3v) is 3.05. The van der Waals surface area contributed by atoms with E-state index < -0.39 is 0 Å². The molecule has 2 rings (SSSR count). The van der Waals surface area contributed by atoms with Crippen LogP contribution in [0.1, 0.15) is 12.2 Å². The molecular weight excluding hydrogens is 268 g/mol. The van der Waals surface area contributed by atoms with E-state index in [9.17, 15) is 4.79 Å². The van der Waals surface area contributed by atoms with Crippen molar-refractivity contribution in [1.82, 2.24) is 14.9 Å². The molecule has 0 fully saturated rings. The molecule has 21 heavy (non-hydrogen) atoms. The van der Waals surface area contributed by atoms with Gasteiger partial charge in [0.05, 0.1) is 13.0 Å². The maximum absolute atomic E-state index is 11.7. The van der Waals surface area contributed by atoms with E-state index in [1.807, 2.05) is 29.9 Å². The van der Waals surface area contributed by atoms with Crippen molar-refractivity contribution in [2.75, 3.05) is 18.9 Å². The number of amides is 1. The van der Waals surface area contributed by atoms with Gasteiger partial charge in [-0.2, -0.15) is 0 Å². The molecule has 0 radical (unpaired) electrons. The summed E-state index contributed by atoms with van der Waals surface area (Å²) in [6.07, 6.45) is 4.66. The zero-order valence-corrected chi connectivity index (χ0v) is 12.1. The molecule has 112 valence electrons. The van der Waals surface area contributed by atoms with E-state index in [1.54, 1.807) is 18.3 Å². The van der Waals surface area contributed by atoms with Gasteiger partial charge in [0.25, 0.3) is 0 Å². The number of carbonyl (C=O) groups is 1. The van der Waals surface area contributed by atoms with Crippen LogP contribution in [0.15, 0.2) is 36.7 Å². The molecule has 0 aliphatic rings. The van der Waals surface area contributed by atoms with Crippen molar-refractivity contribution in [3.05, 3.63) is 42.5 Å². The highest BCUT2D eigenvalue weighted by atomic mass is 16.5. The van der Waals surface area contributed by atoms with E-state index in [-0.39, 0.29) is 5.91 Å². The van der Waals surface area contributed by atoms with Crippen LogP contribution in [0, 0.1) is 0 Å². The van der Waals surface area contributed by atoms with Gasteiger partial charge in [-0.15, -0.1) is 0 Å². The van der Waals surface area contributed by atoms with E-state index >= 15 is 0 Å². The normalized spacial score (nSPS) is 10.3. The van der Waals surface area contributed by atoms with Crippen LogP contribution in [0.3, 0.4) is 0 Å². The lowest BCUT2D eigenvalue weighted by molar-refractivity contribution is -0.121. The highest BCUT2D eigenvalue weighted by molar-refractivity contribution is 5.75. The van der Waals surface area contributed by atoms with E-state index in [0.29, 0.717) is 37.4 Å². The molecule has 1 aromatic carbocycles. The number of anilines is 1. The fourth-order valence-electron chi connectivity index (χ4n) is 1.91. The van der Waals surface area contributed by atoms with Gasteiger partial charge in [0, 0.05) is 44.2 Å². The van der Waals surface area contributed by atoms with Crippen LogP contribution in [-0.4, -0.2) is 28.6 Å². The van der Waals surface area contributed by atoms with Crippen LogP contribution in [0.4, 0.5) is 5.69 Å². The van der Waals surface area contributed by atoms with Crippen LogP contribution < -0.4 is 15.8 Å². The Morgan fingerprint density at radius 1 is 1.48 bits per heavy atom. The Balaban J connectivity index is 1.63. The van der Waals surface area contributed by atoms with Gasteiger partial charge in [0.2, 0.25) is 5.91 Å². The predicted octanol–water partition coefficient (Wildman–Crippen LogP) is 1.13. The number of imidazole rings is 1. The predicted molar refractivity (Wildman–Crippen MR) is 80.9 cm³/mol. The fraction of sp³-hybridized carbons (Fsp3) is 0.333. The number of aryl methyl sites for hydroxylation is 1. The number of nitrogens with zero attached hydrogens (tertiary/aromatic N) is 2. The Labute approximate surface area is 123 Å². The number of carbonyl (C=O) groups excluding carboxylic acids is 1. The Kier molecular flexibility index (Phi) is 5.20. The molecule has 0 aliphatic carbocycles. The quantitative estimate of drug-likeness (QED) is 0.748. The van der Waals surface area contributed by atoms with Gasteiger partial charge < -0.3 is 20.4 Å². The Bertz CT molecular complexity index is 595. The zero-order valence-electron chi connectivity index (χ0n) is 12.1. The maximum atomic E-state index is 11.7. The second kappa shape index (κ2) is 7.33. The van der Waals surface area contributed by atoms with Crippen LogP contribution in [0.5, 0.6) is 5.75 Å². The largest absolute Gasteiger partial charge is 0.493 e. The summed E-state index contributed by atoms with van der Waals surface area (Å²) >= 11 is 0. The number of benzene rings is 1. The van der Waals surface area contributed by atoms with Gasteiger partial charge in [-0.05, 0) is 12.1 Å². The summed E-state index contributed by atoms with van der Waals surface area (Å²) in [5.74, 6) is 1.59. The van der Waals surface area contributed by atoms with Crippen molar-refractivity contribution in [3.63, 3.8) is 0 Å². The van der Waals surface area contributed by atoms with Crippen LogP contribution in [0.2, 0.25) is 0 Å². The Morgan fingerprint density at radius 3 is 3.05 bits per heavy atom. The van der Waals surface area contributed by atoms with E-state index in [4.69, 9.17) is 10.5 Å². The van der Waals surface area contributed by atoms with Gasteiger partial charge >= 0.3 is 0 Å². The molecule has 1 aromatic heterocycles. The summed E-state index contributed by atoms with van der Waals surface area (Å²) in [6, 6.07) is 7.16. The minimum Gasteiger partial charge on any atom is -0.493 e. The first-order valence-electron chi connectivity index (χ1n) is 6.86. The third kappa shape index (κ3) is 4.83. The lowest BCUT2D eigenvalue weighted by Gasteiger charge is -2.08. The topological polar surface area (TPSA) is 82.2 Å². The minimum atomic E-state index is -0.0342. The SMILES string of the molecule is Cn1ccnc1CCNC(=O)CCOc1cccc(N)c1. The van der Waals surface area contributed by atoms with Crippen molar-refractivity contribution in [3.8, 4) is 5.75 Å². The van der Waals surface area contributed by atoms with Crippen LogP contribution in [0.25, 0.3) is 0 Å². The molecule has 0 saturated heterocycles. The summed E-state index contributed by atoms with van der Waals surface area (Å²) in [5, 5.41) is 2.85. The Hall–Kier alpha value is -2.50. The second-order valence-corrected chi connectivity index (χ2v) is 4.73. The molecule has 3 N–H and O–H groups in total. The summed E-state index contributed by atoms with van der Waals surface area (Å²) in [7, 11) is 1.93. The van der Waals surface area contributed by atoms with Gasteiger partial charge in [-0.3, -0.25) is 4.79 Å². The van der Waals surface area contributed by atoms with Crippen molar-refractivity contribution in [2.24, 2.45) is 7.05 Å². The standard InChI is InChI=1S/C15H20N4O2/c1-19-9-8-17-14(19)5-7-18-15(20)6-10-21-13-4-2-3-12(16)11-13/h2-4,8-9,11H,5-7,10,16H2,1H3,(H,18,20). The summed E-state index contributed by atoms with van der Waals surface area (Å²) in [5.41, 5.74) is 6.29. The first kappa shape index (κ1) is 14.9. The summed E-state index contributed by atoms with van der Waals surface area (Å²) < 4.78 is 7.41. The van der Waals surface area contributed by atoms with Crippen molar-refractivity contribution in [1.29, 1.82) is 0 Å². The van der Waals surface area contributed by atoms with E-state index in [2.05, 4.69) is 10.3 Å². The van der Waals surface area contributed by atoms with Crippen LogP contribution in [-0.2, 0) is 18.3 Å². The lowest BCUT2D eigenvalue weighted by atomic mass is 10.3. The number of ether oxygens (including phenoxy) is 1. The zero-order chi connectivity index (χ0) is 15.1. The molecule has 0 unspecified atom stereocenters. The minimum absolute atomic E-state index is 0.0342. The smallest absolute Gasteiger partial charge is 0.223 e. The second-order valence-electron chi connectivity index (χ2n) is 4.73. The molecule has 0 saturated carbocycles. The highest BCUT2D eigenvalue weighted by Gasteiger charge is 2.04. The number of hydrogen-bond acceptors (Lipinski definition) is 4. The highest BCUT2D eigenvalue weighted by Crippen LogP contribution is 2.14. The monoisotopic (exact) mass is 288 g/mol. The number of hydrogen-bond donors (Lipinski definition) is 2. The first-order chi connectivity index (χ1) is 10.1. The van der Waals surface area contributed by atoms with Crippen LogP contribution >= 0.6 is 0 Å². The maximum Gasteiger partial charge on any atom is 0.223 e.